The van der Waals surface area contributed by atoms with Crippen LogP contribution in [0.4, 0.5) is 0 Å². The Morgan fingerprint density at radius 2 is 2.15 bits per heavy atom. The molecule has 1 saturated heterocycles. The Morgan fingerprint density at radius 3 is 2.85 bits per heavy atom. The largest absolute Gasteiger partial charge is 0.339 e. The second-order valence-electron chi connectivity index (χ2n) is 5.89. The van der Waals surface area contributed by atoms with Crippen LogP contribution in [0.15, 0.2) is 24.3 Å². The van der Waals surface area contributed by atoms with Gasteiger partial charge in [-0.15, -0.1) is 0 Å². The maximum absolute atomic E-state index is 12.3. The minimum Gasteiger partial charge on any atom is -0.339 e. The third kappa shape index (κ3) is 3.40. The van der Waals surface area contributed by atoms with Crippen LogP contribution >= 0.6 is 0 Å². The van der Waals surface area contributed by atoms with Gasteiger partial charge in [-0.2, -0.15) is 0 Å². The molecule has 0 unspecified atom stereocenters. The van der Waals surface area contributed by atoms with Crippen LogP contribution < -0.4 is 5.32 Å². The summed E-state index contributed by atoms with van der Waals surface area (Å²) in [5, 5.41) is 3.10. The van der Waals surface area contributed by atoms with E-state index >= 15 is 0 Å². The van der Waals surface area contributed by atoms with Crippen molar-refractivity contribution in [3.63, 3.8) is 0 Å². The van der Waals surface area contributed by atoms with Crippen LogP contribution in [0.5, 0.6) is 0 Å². The molecule has 0 spiro atoms. The van der Waals surface area contributed by atoms with Gasteiger partial charge in [0, 0.05) is 24.9 Å². The average Bonchev–Trinajstić information content (AvgIpc) is 2.81. The molecule has 1 fully saturated rings. The van der Waals surface area contributed by atoms with E-state index in [0.717, 1.165) is 25.9 Å². The van der Waals surface area contributed by atoms with E-state index in [2.05, 4.69) is 48.3 Å². The Balaban J connectivity index is 1.98. The van der Waals surface area contributed by atoms with Crippen molar-refractivity contribution in [2.24, 2.45) is 0 Å². The van der Waals surface area contributed by atoms with Crippen molar-refractivity contribution in [1.82, 2.24) is 10.2 Å². The molecule has 0 radical (unpaired) electrons. The summed E-state index contributed by atoms with van der Waals surface area (Å²) in [7, 11) is 1.93. The summed E-state index contributed by atoms with van der Waals surface area (Å²) >= 11 is 0. The van der Waals surface area contributed by atoms with Crippen molar-refractivity contribution in [3.8, 4) is 0 Å². The van der Waals surface area contributed by atoms with E-state index in [9.17, 15) is 4.79 Å². The number of amides is 1. The fourth-order valence-electron chi connectivity index (χ4n) is 3.21. The Labute approximate surface area is 122 Å². The van der Waals surface area contributed by atoms with Crippen LogP contribution in [0.1, 0.15) is 43.2 Å². The smallest absolute Gasteiger partial charge is 0.222 e. The molecule has 0 aliphatic carbocycles. The van der Waals surface area contributed by atoms with Crippen molar-refractivity contribution >= 4 is 5.91 Å². The van der Waals surface area contributed by atoms with Gasteiger partial charge in [0.1, 0.15) is 0 Å². The quantitative estimate of drug-likeness (QED) is 0.837. The van der Waals surface area contributed by atoms with Crippen molar-refractivity contribution < 1.29 is 4.79 Å². The molecule has 1 aliphatic rings. The molecule has 110 valence electrons. The third-order valence-corrected chi connectivity index (χ3v) is 4.34. The Kier molecular flexibility index (Phi) is 5.18. The van der Waals surface area contributed by atoms with Crippen molar-refractivity contribution in [2.45, 2.75) is 45.1 Å². The first kappa shape index (κ1) is 15.0. The predicted octanol–water partition coefficient (Wildman–Crippen LogP) is 2.70. The monoisotopic (exact) mass is 274 g/mol. The van der Waals surface area contributed by atoms with Gasteiger partial charge in [0.25, 0.3) is 0 Å². The van der Waals surface area contributed by atoms with Crippen molar-refractivity contribution in [3.05, 3.63) is 35.4 Å². The molecular weight excluding hydrogens is 248 g/mol. The van der Waals surface area contributed by atoms with Gasteiger partial charge < -0.3 is 10.2 Å². The summed E-state index contributed by atoms with van der Waals surface area (Å²) < 4.78 is 0. The zero-order valence-corrected chi connectivity index (χ0v) is 12.9. The number of hydrogen-bond acceptors (Lipinski definition) is 2. The zero-order chi connectivity index (χ0) is 14.5. The highest BCUT2D eigenvalue weighted by molar-refractivity contribution is 5.77. The summed E-state index contributed by atoms with van der Waals surface area (Å²) in [6.07, 6.45) is 2.67. The van der Waals surface area contributed by atoms with Crippen LogP contribution in [0, 0.1) is 6.92 Å². The number of likely N-dealkylation sites (tertiary alicyclic amines) is 1. The first-order valence-corrected chi connectivity index (χ1v) is 7.63. The average molecular weight is 274 g/mol. The third-order valence-electron chi connectivity index (χ3n) is 4.34. The zero-order valence-electron chi connectivity index (χ0n) is 12.9. The van der Waals surface area contributed by atoms with Gasteiger partial charge in [0.2, 0.25) is 5.91 Å². The molecule has 3 nitrogen and oxygen atoms in total. The fraction of sp³-hybridized carbons (Fsp3) is 0.588. The van der Waals surface area contributed by atoms with Gasteiger partial charge in [-0.1, -0.05) is 24.3 Å². The Hall–Kier alpha value is -1.35. The molecule has 3 heteroatoms. The number of aryl methyl sites for hydroxylation is 1. The summed E-state index contributed by atoms with van der Waals surface area (Å²) in [5.41, 5.74) is 2.75. The van der Waals surface area contributed by atoms with Crippen molar-refractivity contribution in [2.75, 3.05) is 20.1 Å². The minimum absolute atomic E-state index is 0.309. The van der Waals surface area contributed by atoms with E-state index < -0.39 is 0 Å². The second-order valence-corrected chi connectivity index (χ2v) is 5.89. The van der Waals surface area contributed by atoms with E-state index in [4.69, 9.17) is 0 Å². The number of rotatable bonds is 5. The van der Waals surface area contributed by atoms with Crippen LogP contribution in [-0.2, 0) is 4.79 Å². The molecule has 1 aliphatic heterocycles. The maximum atomic E-state index is 12.3. The molecule has 2 atom stereocenters. The van der Waals surface area contributed by atoms with Gasteiger partial charge in [0.15, 0.2) is 0 Å². The molecule has 1 amide bonds. The van der Waals surface area contributed by atoms with Gasteiger partial charge >= 0.3 is 0 Å². The normalized spacial score (nSPS) is 22.2. The summed E-state index contributed by atoms with van der Waals surface area (Å²) in [6, 6.07) is 8.92. The molecular formula is C17H26N2O. The molecule has 1 N–H and O–H groups in total. The topological polar surface area (TPSA) is 32.3 Å². The lowest BCUT2D eigenvalue weighted by molar-refractivity contribution is -0.131. The van der Waals surface area contributed by atoms with E-state index in [-0.39, 0.29) is 0 Å². The van der Waals surface area contributed by atoms with E-state index in [0.29, 0.717) is 24.3 Å². The van der Waals surface area contributed by atoms with Crippen LogP contribution in [0.2, 0.25) is 0 Å². The molecule has 20 heavy (non-hydrogen) atoms. The molecule has 1 aromatic carbocycles. The van der Waals surface area contributed by atoms with Gasteiger partial charge in [0.05, 0.1) is 0 Å². The number of carbonyl (C=O) groups is 1. The standard InChI is InChI=1S/C17H26N2O/c1-13-7-4-5-8-16(13)15-11-14(2)19(12-15)17(20)9-6-10-18-3/h4-5,7-8,14-15,18H,6,9-12H2,1-3H3/t14-,15-/m0/s1. The van der Waals surface area contributed by atoms with Gasteiger partial charge in [-0.3, -0.25) is 4.79 Å². The van der Waals surface area contributed by atoms with Gasteiger partial charge in [-0.05, 0) is 51.4 Å². The van der Waals surface area contributed by atoms with Crippen LogP contribution in [-0.4, -0.2) is 37.0 Å². The molecule has 0 bridgehead atoms. The fourth-order valence-corrected chi connectivity index (χ4v) is 3.21. The SMILES string of the molecule is CNCCCC(=O)N1C[C@@H](c2ccccc2C)C[C@@H]1C. The highest BCUT2D eigenvalue weighted by atomic mass is 16.2. The van der Waals surface area contributed by atoms with Crippen molar-refractivity contribution in [1.29, 1.82) is 0 Å². The van der Waals surface area contributed by atoms with Crippen LogP contribution in [0.3, 0.4) is 0 Å². The number of nitrogens with one attached hydrogen (secondary N) is 1. The first-order valence-electron chi connectivity index (χ1n) is 7.63. The molecule has 0 saturated carbocycles. The summed E-state index contributed by atoms with van der Waals surface area (Å²) in [6.45, 7) is 6.13. The van der Waals surface area contributed by atoms with E-state index in [1.54, 1.807) is 0 Å². The van der Waals surface area contributed by atoms with Crippen LogP contribution in [0.25, 0.3) is 0 Å². The van der Waals surface area contributed by atoms with Gasteiger partial charge in [-0.25, -0.2) is 0 Å². The number of hydrogen-bond donors (Lipinski definition) is 1. The molecule has 1 heterocycles. The molecule has 0 aromatic heterocycles. The lowest BCUT2D eigenvalue weighted by atomic mass is 9.93. The summed E-state index contributed by atoms with van der Waals surface area (Å²) in [5.74, 6) is 0.809. The molecule has 1 aromatic rings. The highest BCUT2D eigenvalue weighted by Crippen LogP contribution is 2.33. The maximum Gasteiger partial charge on any atom is 0.222 e. The highest BCUT2D eigenvalue weighted by Gasteiger charge is 2.33. The Bertz CT molecular complexity index is 458. The minimum atomic E-state index is 0.309. The number of nitrogens with zero attached hydrogens (tertiary/aromatic N) is 1. The second kappa shape index (κ2) is 6.89. The Morgan fingerprint density at radius 1 is 1.40 bits per heavy atom. The lowest BCUT2D eigenvalue weighted by Gasteiger charge is -2.21. The lowest BCUT2D eigenvalue weighted by Crippen LogP contribution is -2.34. The predicted molar refractivity (Wildman–Crippen MR) is 82.9 cm³/mol. The molecule has 2 rings (SSSR count). The van der Waals surface area contributed by atoms with E-state index in [1.165, 1.54) is 11.1 Å². The number of benzene rings is 1. The number of carbonyl (C=O) groups excluding carboxylic acids is 1. The summed E-state index contributed by atoms with van der Waals surface area (Å²) in [4.78, 5) is 14.4. The first-order chi connectivity index (χ1) is 9.63. The van der Waals surface area contributed by atoms with E-state index in [1.807, 2.05) is 7.05 Å².